The molecule has 2 N–H and O–H groups in total. The molecule has 0 amide bonds. The predicted molar refractivity (Wildman–Crippen MR) is 55.3 cm³/mol. The van der Waals surface area contributed by atoms with E-state index in [9.17, 15) is 4.39 Å². The van der Waals surface area contributed by atoms with Crippen molar-refractivity contribution in [2.24, 2.45) is 5.73 Å². The van der Waals surface area contributed by atoms with Crippen molar-refractivity contribution in [1.29, 1.82) is 0 Å². The number of rotatable bonds is 3. The van der Waals surface area contributed by atoms with Gasteiger partial charge in [-0.2, -0.15) is 0 Å². The molecule has 0 fully saturated rings. The van der Waals surface area contributed by atoms with Crippen LogP contribution in [0, 0.1) is 5.82 Å². The third kappa shape index (κ3) is 2.71. The van der Waals surface area contributed by atoms with E-state index in [1.54, 1.807) is 6.07 Å². The zero-order chi connectivity index (χ0) is 9.84. The Balaban J connectivity index is 3.00. The fraction of sp³-hybridized carbons (Fsp3) is 0.400. The minimum absolute atomic E-state index is 0.165. The number of halogens is 1. The molecule has 0 radical (unpaired) electrons. The van der Waals surface area contributed by atoms with Crippen LogP contribution < -0.4 is 5.73 Å². The summed E-state index contributed by atoms with van der Waals surface area (Å²) in [6.45, 7) is 4.47. The molecule has 0 spiro atoms. The van der Waals surface area contributed by atoms with Gasteiger partial charge >= 0.3 is 0 Å². The van der Waals surface area contributed by atoms with E-state index >= 15 is 0 Å². The Kier molecular flexibility index (Phi) is 3.75. The summed E-state index contributed by atoms with van der Waals surface area (Å²) in [6.07, 6.45) is 0. The summed E-state index contributed by atoms with van der Waals surface area (Å²) in [5.74, 6) is -0.165. The molecule has 0 aliphatic carbocycles. The lowest BCUT2D eigenvalue weighted by Gasteiger charge is -2.10. The average molecular weight is 199 g/mol. The average Bonchev–Trinajstić information content (AvgIpc) is 2.08. The normalized spacial score (nSPS) is 10.8. The number of thioether (sulfide) groups is 1. The minimum atomic E-state index is -0.165. The highest BCUT2D eigenvalue weighted by Gasteiger charge is 2.09. The fourth-order valence-corrected chi connectivity index (χ4v) is 2.04. The standard InChI is InChI=1S/C10H14FNS/c1-7(2)13-10-8(6-12)4-3-5-9(10)11/h3-5,7H,6,12H2,1-2H3. The first kappa shape index (κ1) is 10.5. The van der Waals surface area contributed by atoms with E-state index in [-0.39, 0.29) is 5.82 Å². The van der Waals surface area contributed by atoms with E-state index in [1.807, 2.05) is 19.9 Å². The summed E-state index contributed by atoms with van der Waals surface area (Å²) in [4.78, 5) is 0.694. The topological polar surface area (TPSA) is 26.0 Å². The summed E-state index contributed by atoms with van der Waals surface area (Å²) < 4.78 is 13.3. The molecule has 0 aliphatic heterocycles. The van der Waals surface area contributed by atoms with E-state index in [4.69, 9.17) is 5.73 Å². The maximum absolute atomic E-state index is 13.3. The lowest BCUT2D eigenvalue weighted by molar-refractivity contribution is 0.596. The van der Waals surface area contributed by atoms with Crippen molar-refractivity contribution < 1.29 is 4.39 Å². The minimum Gasteiger partial charge on any atom is -0.326 e. The monoisotopic (exact) mass is 199 g/mol. The molecular formula is C10H14FNS. The van der Waals surface area contributed by atoms with Gasteiger partial charge in [0.25, 0.3) is 0 Å². The van der Waals surface area contributed by atoms with Crippen LogP contribution in [0.4, 0.5) is 4.39 Å². The molecule has 0 aliphatic rings. The van der Waals surface area contributed by atoms with Crippen molar-refractivity contribution in [3.05, 3.63) is 29.6 Å². The second kappa shape index (κ2) is 4.63. The van der Waals surface area contributed by atoms with Gasteiger partial charge in [0, 0.05) is 16.7 Å². The SMILES string of the molecule is CC(C)Sc1c(F)cccc1CN. The Morgan fingerprint density at radius 3 is 2.69 bits per heavy atom. The van der Waals surface area contributed by atoms with Gasteiger partial charge in [-0.25, -0.2) is 4.39 Å². The summed E-state index contributed by atoms with van der Waals surface area (Å²) in [6, 6.07) is 5.04. The molecule has 0 atom stereocenters. The zero-order valence-electron chi connectivity index (χ0n) is 7.88. The highest BCUT2D eigenvalue weighted by molar-refractivity contribution is 8.00. The van der Waals surface area contributed by atoms with Gasteiger partial charge in [0.05, 0.1) is 0 Å². The lowest BCUT2D eigenvalue weighted by atomic mass is 10.2. The predicted octanol–water partition coefficient (Wildman–Crippen LogP) is 2.78. The van der Waals surface area contributed by atoms with Crippen LogP contribution in [0.3, 0.4) is 0 Å². The number of hydrogen-bond acceptors (Lipinski definition) is 2. The largest absolute Gasteiger partial charge is 0.326 e. The van der Waals surface area contributed by atoms with Gasteiger partial charge in [0.2, 0.25) is 0 Å². The Bertz CT molecular complexity index is 286. The van der Waals surface area contributed by atoms with Crippen molar-refractivity contribution in [3.63, 3.8) is 0 Å². The van der Waals surface area contributed by atoms with Crippen LogP contribution >= 0.6 is 11.8 Å². The Labute approximate surface area is 82.5 Å². The van der Waals surface area contributed by atoms with Gasteiger partial charge in [-0.3, -0.25) is 0 Å². The van der Waals surface area contributed by atoms with Crippen molar-refractivity contribution in [1.82, 2.24) is 0 Å². The maximum Gasteiger partial charge on any atom is 0.137 e. The molecule has 0 aromatic heterocycles. The van der Waals surface area contributed by atoms with Gasteiger partial charge in [-0.05, 0) is 11.6 Å². The zero-order valence-corrected chi connectivity index (χ0v) is 8.70. The highest BCUT2D eigenvalue weighted by atomic mass is 32.2. The smallest absolute Gasteiger partial charge is 0.137 e. The first-order chi connectivity index (χ1) is 6.15. The van der Waals surface area contributed by atoms with Crippen molar-refractivity contribution >= 4 is 11.8 Å². The Hall–Kier alpha value is -0.540. The van der Waals surface area contributed by atoms with Crippen LogP contribution in [-0.2, 0) is 6.54 Å². The number of benzene rings is 1. The van der Waals surface area contributed by atoms with Crippen LogP contribution in [0.25, 0.3) is 0 Å². The highest BCUT2D eigenvalue weighted by Crippen LogP contribution is 2.28. The molecule has 13 heavy (non-hydrogen) atoms. The molecule has 3 heteroatoms. The van der Waals surface area contributed by atoms with E-state index < -0.39 is 0 Å². The summed E-state index contributed by atoms with van der Waals surface area (Å²) in [5, 5.41) is 0.377. The summed E-state index contributed by atoms with van der Waals surface area (Å²) in [5.41, 5.74) is 6.40. The van der Waals surface area contributed by atoms with Gasteiger partial charge < -0.3 is 5.73 Å². The molecule has 1 rings (SSSR count). The van der Waals surface area contributed by atoms with Gasteiger partial charge in [0.15, 0.2) is 0 Å². The molecule has 1 nitrogen and oxygen atoms in total. The molecule has 0 unspecified atom stereocenters. The first-order valence-electron chi connectivity index (χ1n) is 4.29. The number of hydrogen-bond donors (Lipinski definition) is 1. The third-order valence-electron chi connectivity index (χ3n) is 1.62. The van der Waals surface area contributed by atoms with Crippen LogP contribution in [-0.4, -0.2) is 5.25 Å². The van der Waals surface area contributed by atoms with Gasteiger partial charge in [-0.15, -0.1) is 11.8 Å². The van der Waals surface area contributed by atoms with Gasteiger partial charge in [0.1, 0.15) is 5.82 Å². The van der Waals surface area contributed by atoms with E-state index in [0.29, 0.717) is 16.7 Å². The second-order valence-corrected chi connectivity index (χ2v) is 4.69. The second-order valence-electron chi connectivity index (χ2n) is 3.10. The summed E-state index contributed by atoms with van der Waals surface area (Å²) in [7, 11) is 0. The van der Waals surface area contributed by atoms with E-state index in [1.165, 1.54) is 17.8 Å². The number of nitrogens with two attached hydrogens (primary N) is 1. The molecule has 0 saturated heterocycles. The molecule has 0 saturated carbocycles. The molecular weight excluding hydrogens is 185 g/mol. The first-order valence-corrected chi connectivity index (χ1v) is 5.17. The Morgan fingerprint density at radius 1 is 1.46 bits per heavy atom. The fourth-order valence-electron chi connectivity index (χ4n) is 1.08. The van der Waals surface area contributed by atoms with Crippen LogP contribution in [0.5, 0.6) is 0 Å². The van der Waals surface area contributed by atoms with Crippen LogP contribution in [0.2, 0.25) is 0 Å². The van der Waals surface area contributed by atoms with Crippen molar-refractivity contribution in [2.45, 2.75) is 30.5 Å². The van der Waals surface area contributed by atoms with Gasteiger partial charge in [-0.1, -0.05) is 26.0 Å². The van der Waals surface area contributed by atoms with E-state index in [2.05, 4.69) is 0 Å². The Morgan fingerprint density at radius 2 is 2.15 bits per heavy atom. The molecule has 0 bridgehead atoms. The van der Waals surface area contributed by atoms with Crippen molar-refractivity contribution in [3.8, 4) is 0 Å². The van der Waals surface area contributed by atoms with Crippen LogP contribution in [0.15, 0.2) is 23.1 Å². The van der Waals surface area contributed by atoms with Crippen LogP contribution in [0.1, 0.15) is 19.4 Å². The lowest BCUT2D eigenvalue weighted by Crippen LogP contribution is -2.01. The molecule has 1 aromatic rings. The molecule has 72 valence electrons. The van der Waals surface area contributed by atoms with E-state index in [0.717, 1.165) is 5.56 Å². The molecule has 1 aromatic carbocycles. The molecule has 0 heterocycles. The van der Waals surface area contributed by atoms with Crippen molar-refractivity contribution in [2.75, 3.05) is 0 Å². The quantitative estimate of drug-likeness (QED) is 0.757. The maximum atomic E-state index is 13.3. The summed E-state index contributed by atoms with van der Waals surface area (Å²) >= 11 is 1.52. The third-order valence-corrected chi connectivity index (χ3v) is 2.79.